The van der Waals surface area contributed by atoms with Crippen molar-refractivity contribution in [2.75, 3.05) is 5.73 Å². The van der Waals surface area contributed by atoms with Gasteiger partial charge in [0.05, 0.1) is 14.3 Å². The number of hydrogen-bond acceptors (Lipinski definition) is 3. The maximum absolute atomic E-state index is 6.10. The second-order valence-electron chi connectivity index (χ2n) is 4.07. The van der Waals surface area contributed by atoms with Gasteiger partial charge in [-0.2, -0.15) is 0 Å². The lowest BCUT2D eigenvalue weighted by atomic mass is 10.2. The van der Waals surface area contributed by atoms with Gasteiger partial charge >= 0.3 is 0 Å². The normalized spacial score (nSPS) is 10.7. The number of halogens is 3. The highest BCUT2D eigenvalue weighted by Gasteiger charge is 2.11. The van der Waals surface area contributed by atoms with Gasteiger partial charge in [-0.25, -0.2) is 9.97 Å². The van der Waals surface area contributed by atoms with E-state index in [0.29, 0.717) is 16.7 Å². The molecular weight excluding hydrogens is 440 g/mol. The summed E-state index contributed by atoms with van der Waals surface area (Å²) in [6.45, 7) is 2.12. The molecule has 3 nitrogen and oxygen atoms in total. The molecule has 0 bridgehead atoms. The van der Waals surface area contributed by atoms with Gasteiger partial charge in [-0.15, -0.1) is 0 Å². The van der Waals surface area contributed by atoms with Crippen molar-refractivity contribution in [2.45, 2.75) is 19.8 Å². The Morgan fingerprint density at radius 1 is 1.37 bits per heavy atom. The molecule has 100 valence electrons. The van der Waals surface area contributed by atoms with Crippen LogP contribution in [0.5, 0.6) is 0 Å². The van der Waals surface area contributed by atoms with Crippen LogP contribution in [0.15, 0.2) is 22.7 Å². The smallest absolute Gasteiger partial charge is 0.161 e. The highest BCUT2D eigenvalue weighted by molar-refractivity contribution is 14.1. The van der Waals surface area contributed by atoms with Crippen LogP contribution in [0.3, 0.4) is 0 Å². The van der Waals surface area contributed by atoms with Crippen molar-refractivity contribution in [1.82, 2.24) is 9.97 Å². The molecule has 0 aliphatic carbocycles. The average molecular weight is 453 g/mol. The molecule has 0 radical (unpaired) electrons. The summed E-state index contributed by atoms with van der Waals surface area (Å²) in [6, 6.07) is 5.64. The zero-order valence-electron chi connectivity index (χ0n) is 10.3. The van der Waals surface area contributed by atoms with Crippen LogP contribution in [0.2, 0.25) is 5.02 Å². The Morgan fingerprint density at radius 3 is 2.74 bits per heavy atom. The van der Waals surface area contributed by atoms with Gasteiger partial charge in [0.2, 0.25) is 0 Å². The molecule has 2 rings (SSSR count). The summed E-state index contributed by atoms with van der Waals surface area (Å²) < 4.78 is 1.79. The van der Waals surface area contributed by atoms with Crippen molar-refractivity contribution in [1.29, 1.82) is 0 Å². The van der Waals surface area contributed by atoms with E-state index < -0.39 is 0 Å². The summed E-state index contributed by atoms with van der Waals surface area (Å²) in [4.78, 5) is 8.93. The number of aromatic nitrogens is 2. The van der Waals surface area contributed by atoms with Gasteiger partial charge in [-0.3, -0.25) is 0 Å². The molecule has 0 fully saturated rings. The quantitative estimate of drug-likeness (QED) is 0.687. The van der Waals surface area contributed by atoms with Crippen molar-refractivity contribution >= 4 is 55.9 Å². The Labute approximate surface area is 139 Å². The maximum Gasteiger partial charge on any atom is 0.161 e. The van der Waals surface area contributed by atoms with E-state index in [1.54, 1.807) is 0 Å². The van der Waals surface area contributed by atoms with E-state index >= 15 is 0 Å². The van der Waals surface area contributed by atoms with Gasteiger partial charge < -0.3 is 5.73 Å². The monoisotopic (exact) mass is 451 g/mol. The van der Waals surface area contributed by atoms with E-state index in [-0.39, 0.29) is 0 Å². The summed E-state index contributed by atoms with van der Waals surface area (Å²) in [5.74, 6) is 1.14. The van der Waals surface area contributed by atoms with Crippen LogP contribution in [0, 0.1) is 3.57 Å². The van der Waals surface area contributed by atoms with Crippen molar-refractivity contribution in [3.63, 3.8) is 0 Å². The lowest BCUT2D eigenvalue weighted by Gasteiger charge is -2.09. The Balaban J connectivity index is 2.52. The lowest BCUT2D eigenvalue weighted by Crippen LogP contribution is -2.05. The van der Waals surface area contributed by atoms with Gasteiger partial charge in [0.15, 0.2) is 5.82 Å². The third-order valence-electron chi connectivity index (χ3n) is 2.61. The fraction of sp³-hybridized carbons (Fsp3) is 0.231. The summed E-state index contributed by atoms with van der Waals surface area (Å²) >= 11 is 11.7. The topological polar surface area (TPSA) is 51.8 Å². The van der Waals surface area contributed by atoms with Gasteiger partial charge in [-0.05, 0) is 63.1 Å². The van der Waals surface area contributed by atoms with Crippen LogP contribution in [0.25, 0.3) is 11.4 Å². The number of anilines is 1. The molecule has 2 N–H and O–H groups in total. The van der Waals surface area contributed by atoms with Crippen LogP contribution in [-0.2, 0) is 6.42 Å². The second-order valence-corrected chi connectivity index (χ2v) is 6.41. The first-order valence-corrected chi connectivity index (χ1v) is 8.05. The van der Waals surface area contributed by atoms with Gasteiger partial charge in [0.1, 0.15) is 5.82 Å². The molecule has 0 saturated heterocycles. The van der Waals surface area contributed by atoms with Crippen LogP contribution >= 0.6 is 50.1 Å². The zero-order chi connectivity index (χ0) is 14.0. The molecular formula is C13H12BrClIN3. The van der Waals surface area contributed by atoms with E-state index in [1.807, 2.05) is 18.2 Å². The highest BCUT2D eigenvalue weighted by Crippen LogP contribution is 2.29. The third-order valence-corrected chi connectivity index (χ3v) is 5.02. The molecule has 0 unspecified atom stereocenters. The first-order chi connectivity index (χ1) is 9.02. The van der Waals surface area contributed by atoms with E-state index in [2.05, 4.69) is 55.4 Å². The first kappa shape index (κ1) is 15.0. The molecule has 0 amide bonds. The molecule has 0 atom stereocenters. The number of benzene rings is 1. The van der Waals surface area contributed by atoms with E-state index in [9.17, 15) is 0 Å². The molecule has 1 heterocycles. The van der Waals surface area contributed by atoms with Crippen LogP contribution in [0.1, 0.15) is 19.0 Å². The number of nitrogens with two attached hydrogens (primary N) is 1. The fourth-order valence-corrected chi connectivity index (χ4v) is 2.62. The van der Waals surface area contributed by atoms with Crippen molar-refractivity contribution in [3.8, 4) is 11.4 Å². The molecule has 19 heavy (non-hydrogen) atoms. The van der Waals surface area contributed by atoms with E-state index in [1.165, 1.54) is 0 Å². The largest absolute Gasteiger partial charge is 0.383 e. The average Bonchev–Trinajstić information content (AvgIpc) is 2.38. The molecule has 0 saturated carbocycles. The molecule has 0 spiro atoms. The molecule has 2 aromatic rings. The number of hydrogen-bond donors (Lipinski definition) is 1. The van der Waals surface area contributed by atoms with E-state index in [0.717, 1.165) is 32.1 Å². The Kier molecular flexibility index (Phi) is 5.03. The van der Waals surface area contributed by atoms with Crippen molar-refractivity contribution in [3.05, 3.63) is 37.0 Å². The van der Waals surface area contributed by atoms with Gasteiger partial charge in [0, 0.05) is 10.0 Å². The Morgan fingerprint density at radius 2 is 2.11 bits per heavy atom. The Bertz CT molecular complexity index is 619. The molecule has 1 aromatic carbocycles. The SMILES string of the molecule is CCCc1nc(-c2ccc(Br)c(Cl)c2)nc(N)c1I. The maximum atomic E-state index is 6.10. The van der Waals surface area contributed by atoms with Crippen LogP contribution < -0.4 is 5.73 Å². The van der Waals surface area contributed by atoms with Crippen molar-refractivity contribution < 1.29 is 0 Å². The first-order valence-electron chi connectivity index (χ1n) is 5.80. The number of rotatable bonds is 3. The minimum absolute atomic E-state index is 0.521. The minimum atomic E-state index is 0.521. The molecule has 1 aromatic heterocycles. The van der Waals surface area contributed by atoms with Gasteiger partial charge in [-0.1, -0.05) is 24.9 Å². The summed E-state index contributed by atoms with van der Waals surface area (Å²) in [6.07, 6.45) is 1.91. The number of aryl methyl sites for hydroxylation is 1. The molecule has 6 heteroatoms. The summed E-state index contributed by atoms with van der Waals surface area (Å²) in [7, 11) is 0. The number of nitrogens with zero attached hydrogens (tertiary/aromatic N) is 2. The predicted molar refractivity (Wildman–Crippen MR) is 91.3 cm³/mol. The van der Waals surface area contributed by atoms with Crippen molar-refractivity contribution in [2.24, 2.45) is 0 Å². The Hall–Kier alpha value is -0.400. The molecule has 0 aliphatic rings. The second kappa shape index (κ2) is 6.37. The van der Waals surface area contributed by atoms with Crippen LogP contribution in [0.4, 0.5) is 5.82 Å². The summed E-state index contributed by atoms with van der Waals surface area (Å²) in [5.41, 5.74) is 7.82. The highest BCUT2D eigenvalue weighted by atomic mass is 127. The third kappa shape index (κ3) is 3.38. The van der Waals surface area contributed by atoms with E-state index in [4.69, 9.17) is 17.3 Å². The van der Waals surface area contributed by atoms with Crippen LogP contribution in [-0.4, -0.2) is 9.97 Å². The predicted octanol–water partition coefficient (Wildman–Crippen LogP) is 4.70. The minimum Gasteiger partial charge on any atom is -0.383 e. The standard InChI is InChI=1S/C13H12BrClIN3/c1-2-3-10-11(16)12(17)19-13(18-10)7-4-5-8(14)9(15)6-7/h4-6H,2-3H2,1H3,(H2,17,18,19). The lowest BCUT2D eigenvalue weighted by molar-refractivity contribution is 0.869. The number of nitrogen functional groups attached to an aromatic ring is 1. The molecule has 0 aliphatic heterocycles. The zero-order valence-corrected chi connectivity index (χ0v) is 14.8. The fourth-order valence-electron chi connectivity index (χ4n) is 1.68. The van der Waals surface area contributed by atoms with Gasteiger partial charge in [0.25, 0.3) is 0 Å². The summed E-state index contributed by atoms with van der Waals surface area (Å²) in [5, 5.41) is 0.635.